The lowest BCUT2D eigenvalue weighted by Gasteiger charge is -2.16. The Kier molecular flexibility index (Phi) is 12.3. The highest BCUT2D eigenvalue weighted by Gasteiger charge is 2.12. The topological polar surface area (TPSA) is 81.0 Å². The Morgan fingerprint density at radius 1 is 0.711 bits per heavy atom. The second-order valence-electron chi connectivity index (χ2n) is 9.83. The van der Waals surface area contributed by atoms with E-state index in [0.717, 1.165) is 46.5 Å². The highest BCUT2D eigenvalue weighted by Crippen LogP contribution is 2.28. The van der Waals surface area contributed by atoms with Gasteiger partial charge in [-0.05, 0) is 47.2 Å². The summed E-state index contributed by atoms with van der Waals surface area (Å²) in [5.74, 6) is 0. The zero-order valence-corrected chi connectivity index (χ0v) is 26.7. The lowest BCUT2D eigenvalue weighted by molar-refractivity contribution is 0.551. The first kappa shape index (κ1) is 32.5. The molecule has 4 aromatic heterocycles. The number of benzene rings is 2. The number of H-pyrrole nitrogens is 1. The first-order valence-electron chi connectivity index (χ1n) is 14.5. The molecule has 0 aliphatic carbocycles. The van der Waals surface area contributed by atoms with Gasteiger partial charge in [-0.15, -0.1) is 0 Å². The summed E-state index contributed by atoms with van der Waals surface area (Å²) in [6, 6.07) is 23.6. The van der Waals surface area contributed by atoms with Crippen LogP contribution in [0.15, 0.2) is 123 Å². The zero-order chi connectivity index (χ0) is 31.9. The first-order chi connectivity index (χ1) is 22.1. The fraction of sp³-hybridized carbons (Fsp3) is 0.167. The van der Waals surface area contributed by atoms with E-state index in [9.17, 15) is 0 Å². The van der Waals surface area contributed by atoms with E-state index in [1.807, 2.05) is 79.5 Å². The number of rotatable bonds is 7. The standard InChI is InChI=1S/C18H16N4.C15H13BrN2.C3H4N2/c1-3-18(22-11-10-20-13-22)17-9-6-15(12-21-17)14-4-7-16(19-2)8-5-14;1-3-14(16)15-9-6-12(10-18-15)11-4-7-13(17-2)8-5-11;1-2-5-3-4-1/h4-13,18H,3H2,1H3;4-10,14H,3H2,1H3;1-3H,(H,4,5). The lowest BCUT2D eigenvalue weighted by Crippen LogP contribution is -2.09. The number of aromatic amines is 1. The van der Waals surface area contributed by atoms with E-state index in [2.05, 4.69) is 87.2 Å². The van der Waals surface area contributed by atoms with Crippen LogP contribution in [-0.4, -0.2) is 29.5 Å². The van der Waals surface area contributed by atoms with Crippen LogP contribution in [0, 0.1) is 13.1 Å². The summed E-state index contributed by atoms with van der Waals surface area (Å²) in [6.07, 6.45) is 16.4. The second-order valence-corrected chi connectivity index (χ2v) is 10.9. The minimum absolute atomic E-state index is 0.209. The molecular weight excluding hydrogens is 624 g/mol. The van der Waals surface area contributed by atoms with E-state index in [1.54, 1.807) is 24.9 Å². The second kappa shape index (κ2) is 17.0. The fourth-order valence-electron chi connectivity index (χ4n) is 4.44. The summed E-state index contributed by atoms with van der Waals surface area (Å²) in [5, 5.41) is 0. The largest absolute Gasteiger partial charge is 0.351 e. The SMILES string of the molecule is [C-]#[N+]c1ccc(-c2ccc(C(Br)CC)nc2)cc1.[C-]#[N+]c1ccc(-c2ccc(C(CC)n3ccnc3)nc2)cc1.c1c[nH]cn1. The number of alkyl halides is 1. The third kappa shape index (κ3) is 9.30. The van der Waals surface area contributed by atoms with Crippen LogP contribution in [0.5, 0.6) is 0 Å². The van der Waals surface area contributed by atoms with E-state index in [-0.39, 0.29) is 6.04 Å². The molecule has 0 bridgehead atoms. The van der Waals surface area contributed by atoms with Crippen molar-refractivity contribution in [1.29, 1.82) is 0 Å². The molecule has 2 aromatic carbocycles. The molecule has 0 saturated carbocycles. The molecule has 224 valence electrons. The molecular formula is C36H33BrN8. The van der Waals surface area contributed by atoms with Crippen molar-refractivity contribution in [3.8, 4) is 22.3 Å². The molecule has 8 nitrogen and oxygen atoms in total. The number of aromatic nitrogens is 6. The molecule has 0 fully saturated rings. The predicted molar refractivity (Wildman–Crippen MR) is 183 cm³/mol. The summed E-state index contributed by atoms with van der Waals surface area (Å²) in [4.78, 5) is 26.7. The van der Waals surface area contributed by atoms with Crippen LogP contribution in [0.3, 0.4) is 0 Å². The minimum Gasteiger partial charge on any atom is -0.351 e. The van der Waals surface area contributed by atoms with Gasteiger partial charge in [0.2, 0.25) is 0 Å². The Morgan fingerprint density at radius 3 is 1.62 bits per heavy atom. The van der Waals surface area contributed by atoms with Gasteiger partial charge in [-0.3, -0.25) is 9.97 Å². The van der Waals surface area contributed by atoms with Gasteiger partial charge < -0.3 is 9.55 Å². The monoisotopic (exact) mass is 656 g/mol. The maximum Gasteiger partial charge on any atom is 0.187 e. The molecule has 2 unspecified atom stereocenters. The summed E-state index contributed by atoms with van der Waals surface area (Å²) in [5.41, 5.74) is 7.69. The van der Waals surface area contributed by atoms with Crippen molar-refractivity contribution < 1.29 is 0 Å². The van der Waals surface area contributed by atoms with Crippen LogP contribution in [0.25, 0.3) is 31.9 Å². The van der Waals surface area contributed by atoms with Crippen molar-refractivity contribution in [2.75, 3.05) is 0 Å². The van der Waals surface area contributed by atoms with Crippen LogP contribution in [0.2, 0.25) is 0 Å². The van der Waals surface area contributed by atoms with Gasteiger partial charge in [0, 0.05) is 37.2 Å². The van der Waals surface area contributed by atoms with Crippen molar-refractivity contribution >= 4 is 27.3 Å². The number of pyridine rings is 2. The van der Waals surface area contributed by atoms with E-state index in [4.69, 9.17) is 13.1 Å². The summed E-state index contributed by atoms with van der Waals surface area (Å²) < 4.78 is 2.08. The summed E-state index contributed by atoms with van der Waals surface area (Å²) >= 11 is 3.59. The molecule has 0 amide bonds. The van der Waals surface area contributed by atoms with Crippen molar-refractivity contribution in [1.82, 2.24) is 29.5 Å². The Balaban J connectivity index is 0.000000180. The van der Waals surface area contributed by atoms with Gasteiger partial charge in [0.15, 0.2) is 11.4 Å². The van der Waals surface area contributed by atoms with Gasteiger partial charge in [0.25, 0.3) is 0 Å². The van der Waals surface area contributed by atoms with Crippen LogP contribution >= 0.6 is 15.9 Å². The average molecular weight is 658 g/mol. The number of nitrogens with zero attached hydrogens (tertiary/aromatic N) is 7. The average Bonchev–Trinajstić information content (AvgIpc) is 3.88. The van der Waals surface area contributed by atoms with Gasteiger partial charge >= 0.3 is 0 Å². The normalized spacial score (nSPS) is 11.4. The number of hydrogen-bond acceptors (Lipinski definition) is 4. The predicted octanol–water partition coefficient (Wildman–Crippen LogP) is 10.1. The Labute approximate surface area is 272 Å². The number of nitrogens with one attached hydrogen (secondary N) is 1. The van der Waals surface area contributed by atoms with Crippen molar-refractivity contribution in [2.45, 2.75) is 37.6 Å². The highest BCUT2D eigenvalue weighted by atomic mass is 79.9. The molecule has 6 aromatic rings. The molecule has 6 rings (SSSR count). The van der Waals surface area contributed by atoms with E-state index in [0.29, 0.717) is 16.2 Å². The van der Waals surface area contributed by atoms with Crippen LogP contribution < -0.4 is 0 Å². The van der Waals surface area contributed by atoms with E-state index >= 15 is 0 Å². The van der Waals surface area contributed by atoms with Gasteiger partial charge in [-0.25, -0.2) is 19.7 Å². The lowest BCUT2D eigenvalue weighted by atomic mass is 10.0. The maximum absolute atomic E-state index is 6.99. The maximum atomic E-state index is 6.99. The minimum atomic E-state index is 0.209. The van der Waals surface area contributed by atoms with E-state index in [1.165, 1.54) is 0 Å². The number of hydrogen-bond donors (Lipinski definition) is 1. The Hall–Kier alpha value is -5.38. The Morgan fingerprint density at radius 2 is 1.27 bits per heavy atom. The third-order valence-corrected chi connectivity index (χ3v) is 8.05. The van der Waals surface area contributed by atoms with Gasteiger partial charge in [-0.1, -0.05) is 90.4 Å². The third-order valence-electron chi connectivity index (χ3n) is 6.93. The molecule has 4 heterocycles. The van der Waals surface area contributed by atoms with E-state index < -0.39 is 0 Å². The number of halogens is 1. The van der Waals surface area contributed by atoms with Gasteiger partial charge in [0.05, 0.1) is 48.1 Å². The molecule has 2 atom stereocenters. The molecule has 9 heteroatoms. The molecule has 45 heavy (non-hydrogen) atoms. The zero-order valence-electron chi connectivity index (χ0n) is 25.1. The molecule has 0 saturated heterocycles. The van der Waals surface area contributed by atoms with Crippen molar-refractivity contribution in [3.63, 3.8) is 0 Å². The Bertz CT molecular complexity index is 1750. The quantitative estimate of drug-likeness (QED) is 0.137. The number of imidazole rings is 2. The van der Waals surface area contributed by atoms with Crippen LogP contribution in [0.4, 0.5) is 11.4 Å². The van der Waals surface area contributed by atoms with Gasteiger partial charge in [-0.2, -0.15) is 0 Å². The molecule has 0 aliphatic heterocycles. The molecule has 0 aliphatic rings. The first-order valence-corrected chi connectivity index (χ1v) is 15.4. The molecule has 0 radical (unpaired) electrons. The van der Waals surface area contributed by atoms with Crippen molar-refractivity contribution in [3.05, 3.63) is 157 Å². The fourth-order valence-corrected chi connectivity index (χ4v) is 4.71. The van der Waals surface area contributed by atoms with Gasteiger partial charge in [0.1, 0.15) is 0 Å². The molecule has 1 N–H and O–H groups in total. The summed E-state index contributed by atoms with van der Waals surface area (Å²) in [6.45, 7) is 18.2. The van der Waals surface area contributed by atoms with Crippen LogP contribution in [-0.2, 0) is 0 Å². The summed E-state index contributed by atoms with van der Waals surface area (Å²) in [7, 11) is 0. The van der Waals surface area contributed by atoms with Crippen LogP contribution in [0.1, 0.15) is 48.9 Å². The smallest absolute Gasteiger partial charge is 0.187 e. The highest BCUT2D eigenvalue weighted by molar-refractivity contribution is 9.09. The molecule has 0 spiro atoms. The van der Waals surface area contributed by atoms with Crippen molar-refractivity contribution in [2.24, 2.45) is 0 Å².